The van der Waals surface area contributed by atoms with E-state index in [4.69, 9.17) is 29.2 Å². The van der Waals surface area contributed by atoms with Crippen LogP contribution in [-0.2, 0) is 20.6 Å². The minimum absolute atomic E-state index is 0.00548. The summed E-state index contributed by atoms with van der Waals surface area (Å²) in [4.78, 5) is 0. The Morgan fingerprint density at radius 2 is 1.67 bits per heavy atom. The molecule has 11 nitrogen and oxygen atoms in total. The van der Waals surface area contributed by atoms with Gasteiger partial charge in [-0.3, -0.25) is 0 Å². The average molecular weight is 432 g/mol. The summed E-state index contributed by atoms with van der Waals surface area (Å²) in [6.07, 6.45) is -9.42. The van der Waals surface area contributed by atoms with Crippen LogP contribution in [0, 0.1) is 0 Å². The molecule has 0 saturated carbocycles. The first kappa shape index (κ1) is 23.3. The highest BCUT2D eigenvalue weighted by Crippen LogP contribution is 2.28. The monoisotopic (exact) mass is 432 g/mol. The lowest BCUT2D eigenvalue weighted by atomic mass is 9.99. The van der Waals surface area contributed by atoms with E-state index in [2.05, 4.69) is 0 Å². The third-order valence-corrected chi connectivity index (χ3v) is 5.25. The molecule has 3 rings (SSSR count). The zero-order chi connectivity index (χ0) is 21.9. The van der Waals surface area contributed by atoms with Crippen LogP contribution in [0.5, 0.6) is 5.75 Å². The van der Waals surface area contributed by atoms with Crippen LogP contribution in [-0.4, -0.2) is 111 Å². The van der Waals surface area contributed by atoms with Crippen molar-refractivity contribution in [3.8, 4) is 5.75 Å². The molecule has 2 fully saturated rings. The van der Waals surface area contributed by atoms with Crippen molar-refractivity contribution in [2.24, 2.45) is 0 Å². The van der Waals surface area contributed by atoms with Gasteiger partial charge in [-0.15, -0.1) is 0 Å². The molecule has 11 heteroatoms. The summed E-state index contributed by atoms with van der Waals surface area (Å²) in [5.74, 6) is 0.339. The second kappa shape index (κ2) is 9.83. The molecule has 2 heterocycles. The predicted octanol–water partition coefficient (Wildman–Crippen LogP) is -3.13. The third kappa shape index (κ3) is 4.92. The fourth-order valence-corrected chi connectivity index (χ4v) is 3.27. The maximum absolute atomic E-state index is 10.2. The largest absolute Gasteiger partial charge is 0.462 e. The van der Waals surface area contributed by atoms with Crippen molar-refractivity contribution in [3.05, 3.63) is 29.8 Å². The summed E-state index contributed by atoms with van der Waals surface area (Å²) in [5, 5.41) is 68.6. The lowest BCUT2D eigenvalue weighted by Crippen LogP contribution is -2.60. The number of aliphatic hydroxyl groups excluding tert-OH is 6. The summed E-state index contributed by atoms with van der Waals surface area (Å²) in [6.45, 7) is -1.42. The van der Waals surface area contributed by atoms with E-state index in [1.807, 2.05) is 0 Å². The van der Waals surface area contributed by atoms with Crippen molar-refractivity contribution in [3.63, 3.8) is 0 Å². The zero-order valence-electron chi connectivity index (χ0n) is 16.1. The highest BCUT2D eigenvalue weighted by Gasteiger charge is 2.50. The molecule has 0 bridgehead atoms. The lowest BCUT2D eigenvalue weighted by molar-refractivity contribution is -0.289. The van der Waals surface area contributed by atoms with Gasteiger partial charge in [0.15, 0.2) is 6.29 Å². The minimum Gasteiger partial charge on any atom is -0.462 e. The Morgan fingerprint density at radius 1 is 0.967 bits per heavy atom. The standard InChI is InChI=1S/C19H28O11/c20-6-5-10-1-3-11(4-2-10)29-17-15(24)14(23)13(22)12(30-17)7-27-18-16(25)19(26,8-21)9-28-18/h1-4,12-18,20-26H,5-9H2/t12-,13-,14+,15-,16+,17-,18-,19-/m1/s1. The molecule has 2 aliphatic heterocycles. The maximum atomic E-state index is 10.2. The van der Waals surface area contributed by atoms with Crippen molar-refractivity contribution >= 4 is 0 Å². The molecule has 8 atom stereocenters. The van der Waals surface area contributed by atoms with Crippen LogP contribution >= 0.6 is 0 Å². The van der Waals surface area contributed by atoms with Crippen LogP contribution < -0.4 is 4.74 Å². The topological polar surface area (TPSA) is 179 Å². The van der Waals surface area contributed by atoms with Gasteiger partial charge < -0.3 is 54.7 Å². The Bertz CT molecular complexity index is 671. The number of hydrogen-bond acceptors (Lipinski definition) is 11. The third-order valence-electron chi connectivity index (χ3n) is 5.25. The van der Waals surface area contributed by atoms with Crippen LogP contribution in [0.2, 0.25) is 0 Å². The van der Waals surface area contributed by atoms with E-state index in [9.17, 15) is 25.5 Å². The smallest absolute Gasteiger partial charge is 0.229 e. The SMILES string of the molecule is OCCc1ccc(O[C@@H]2O[C@H](CO[C@@H]3OC[C@](O)(CO)[C@H]3O)[C@@H](O)[C@H](O)[C@H]2O)cc1. The van der Waals surface area contributed by atoms with Gasteiger partial charge in [-0.1, -0.05) is 12.1 Å². The van der Waals surface area contributed by atoms with Crippen LogP contribution in [0.25, 0.3) is 0 Å². The van der Waals surface area contributed by atoms with E-state index >= 15 is 0 Å². The molecule has 2 saturated heterocycles. The molecule has 7 N–H and O–H groups in total. The Kier molecular flexibility index (Phi) is 7.63. The molecule has 2 aliphatic rings. The van der Waals surface area contributed by atoms with Crippen molar-refractivity contribution in [2.75, 3.05) is 26.4 Å². The fraction of sp³-hybridized carbons (Fsp3) is 0.684. The molecule has 0 spiro atoms. The summed E-state index contributed by atoms with van der Waals surface area (Å²) >= 11 is 0. The van der Waals surface area contributed by atoms with E-state index in [-0.39, 0.29) is 19.8 Å². The molecular weight excluding hydrogens is 404 g/mol. The summed E-state index contributed by atoms with van der Waals surface area (Å²) < 4.78 is 21.6. The van der Waals surface area contributed by atoms with E-state index in [1.54, 1.807) is 24.3 Å². The predicted molar refractivity (Wildman–Crippen MR) is 98.3 cm³/mol. The molecule has 0 amide bonds. The van der Waals surface area contributed by atoms with Gasteiger partial charge in [-0.05, 0) is 24.1 Å². The molecule has 1 aromatic rings. The van der Waals surface area contributed by atoms with Crippen LogP contribution in [0.4, 0.5) is 0 Å². The Balaban J connectivity index is 1.60. The maximum Gasteiger partial charge on any atom is 0.229 e. The van der Waals surface area contributed by atoms with E-state index < -0.39 is 55.3 Å². The number of aliphatic hydroxyl groups is 7. The molecule has 1 aromatic carbocycles. The van der Waals surface area contributed by atoms with Crippen LogP contribution in [0.15, 0.2) is 24.3 Å². The number of rotatable bonds is 8. The first-order valence-electron chi connectivity index (χ1n) is 9.59. The van der Waals surface area contributed by atoms with Gasteiger partial charge in [-0.25, -0.2) is 0 Å². The van der Waals surface area contributed by atoms with Gasteiger partial charge in [0.1, 0.15) is 41.9 Å². The van der Waals surface area contributed by atoms with Crippen molar-refractivity contribution in [1.29, 1.82) is 0 Å². The highest BCUT2D eigenvalue weighted by molar-refractivity contribution is 5.27. The number of benzene rings is 1. The highest BCUT2D eigenvalue weighted by atomic mass is 16.7. The second-order valence-corrected chi connectivity index (χ2v) is 7.47. The average Bonchev–Trinajstić information content (AvgIpc) is 3.04. The first-order chi connectivity index (χ1) is 14.3. The van der Waals surface area contributed by atoms with Crippen LogP contribution in [0.3, 0.4) is 0 Å². The zero-order valence-corrected chi connectivity index (χ0v) is 16.1. The van der Waals surface area contributed by atoms with Crippen molar-refractivity contribution in [2.45, 2.75) is 55.1 Å². The Morgan fingerprint density at radius 3 is 2.27 bits per heavy atom. The Labute approximate surface area is 172 Å². The normalized spacial score (nSPS) is 39.2. The van der Waals surface area contributed by atoms with Gasteiger partial charge in [0.2, 0.25) is 6.29 Å². The molecule has 30 heavy (non-hydrogen) atoms. The molecule has 0 radical (unpaired) electrons. The van der Waals surface area contributed by atoms with Crippen molar-refractivity contribution in [1.82, 2.24) is 0 Å². The molecule has 0 unspecified atom stereocenters. The van der Waals surface area contributed by atoms with Gasteiger partial charge >= 0.3 is 0 Å². The van der Waals surface area contributed by atoms with Crippen molar-refractivity contribution < 1.29 is 54.7 Å². The molecule has 0 aromatic heterocycles. The number of hydrogen-bond donors (Lipinski definition) is 7. The molecule has 0 aliphatic carbocycles. The van der Waals surface area contributed by atoms with Gasteiger partial charge in [0.25, 0.3) is 0 Å². The van der Waals surface area contributed by atoms with E-state index in [0.29, 0.717) is 12.2 Å². The lowest BCUT2D eigenvalue weighted by Gasteiger charge is -2.40. The molecule has 170 valence electrons. The van der Waals surface area contributed by atoms with Gasteiger partial charge in [0.05, 0.1) is 19.8 Å². The summed E-state index contributed by atoms with van der Waals surface area (Å²) in [5.41, 5.74) is -0.977. The minimum atomic E-state index is -1.86. The quantitative estimate of drug-likeness (QED) is 0.221. The van der Waals surface area contributed by atoms with E-state index in [0.717, 1.165) is 5.56 Å². The summed E-state index contributed by atoms with van der Waals surface area (Å²) in [6, 6.07) is 6.69. The van der Waals surface area contributed by atoms with Crippen LogP contribution in [0.1, 0.15) is 5.56 Å². The summed E-state index contributed by atoms with van der Waals surface area (Å²) in [7, 11) is 0. The second-order valence-electron chi connectivity index (χ2n) is 7.47. The Hall–Kier alpha value is -1.38. The van der Waals surface area contributed by atoms with Gasteiger partial charge in [-0.2, -0.15) is 0 Å². The fourth-order valence-electron chi connectivity index (χ4n) is 3.27. The van der Waals surface area contributed by atoms with Gasteiger partial charge in [0, 0.05) is 6.61 Å². The number of ether oxygens (including phenoxy) is 4. The van der Waals surface area contributed by atoms with E-state index in [1.165, 1.54) is 0 Å². The first-order valence-corrected chi connectivity index (χ1v) is 9.59. The molecular formula is C19H28O11.